The van der Waals surface area contributed by atoms with Crippen LogP contribution in [0.15, 0.2) is 23.1 Å². The first kappa shape index (κ1) is 10.6. The lowest BCUT2D eigenvalue weighted by atomic mass is 10.2. The van der Waals surface area contributed by atoms with E-state index in [2.05, 4.69) is 4.79 Å². The van der Waals surface area contributed by atoms with Crippen molar-refractivity contribution in [3.05, 3.63) is 34.9 Å². The first-order chi connectivity index (χ1) is 6.45. The van der Waals surface area contributed by atoms with E-state index >= 15 is 0 Å². The molecular weight excluding hydrogens is 200 g/mol. The summed E-state index contributed by atoms with van der Waals surface area (Å²) < 4.78 is 22.9. The SMILES string of the molecule is Cc1cc(C)cc(S(=O)(=O)C=[N+]=[N-])c1. The molecule has 1 aromatic rings. The zero-order chi connectivity index (χ0) is 10.8. The molecule has 0 aromatic heterocycles. The second-order valence-electron chi connectivity index (χ2n) is 3.09. The van der Waals surface area contributed by atoms with E-state index in [0.29, 0.717) is 5.55 Å². The van der Waals surface area contributed by atoms with Crippen LogP contribution in [-0.4, -0.2) is 18.8 Å². The van der Waals surface area contributed by atoms with Gasteiger partial charge in [-0.15, -0.1) is 0 Å². The van der Waals surface area contributed by atoms with E-state index in [9.17, 15) is 8.42 Å². The Morgan fingerprint density at radius 3 is 2.14 bits per heavy atom. The molecule has 4 nitrogen and oxygen atoms in total. The highest BCUT2D eigenvalue weighted by Crippen LogP contribution is 2.13. The first-order valence-electron chi connectivity index (χ1n) is 3.96. The van der Waals surface area contributed by atoms with Gasteiger partial charge in [0.1, 0.15) is 0 Å². The molecule has 1 aromatic carbocycles. The molecule has 0 saturated heterocycles. The van der Waals surface area contributed by atoms with Crippen LogP contribution in [0, 0.1) is 13.8 Å². The van der Waals surface area contributed by atoms with Gasteiger partial charge in [0, 0.05) is 0 Å². The van der Waals surface area contributed by atoms with Crippen LogP contribution in [0.5, 0.6) is 0 Å². The number of hydrogen-bond donors (Lipinski definition) is 0. The Bertz CT molecular complexity index is 479. The molecule has 0 atom stereocenters. The number of benzene rings is 1. The van der Waals surface area contributed by atoms with E-state index < -0.39 is 9.84 Å². The molecule has 0 N–H and O–H groups in total. The molecule has 5 heteroatoms. The van der Waals surface area contributed by atoms with E-state index in [0.717, 1.165) is 11.1 Å². The third kappa shape index (κ3) is 2.28. The molecule has 0 aliphatic carbocycles. The van der Waals surface area contributed by atoms with Crippen molar-refractivity contribution in [2.24, 2.45) is 0 Å². The third-order valence-corrected chi connectivity index (χ3v) is 2.97. The van der Waals surface area contributed by atoms with Crippen molar-refractivity contribution in [2.75, 3.05) is 0 Å². The lowest BCUT2D eigenvalue weighted by Gasteiger charge is -1.99. The highest BCUT2D eigenvalue weighted by molar-refractivity contribution is 8.04. The predicted octanol–water partition coefficient (Wildman–Crippen LogP) is 1.34. The molecule has 74 valence electrons. The van der Waals surface area contributed by atoms with E-state index in [-0.39, 0.29) is 4.90 Å². The van der Waals surface area contributed by atoms with Crippen LogP contribution in [0.4, 0.5) is 0 Å². The standard InChI is InChI=1S/C9H10N2O2S/c1-7-3-8(2)5-9(4-7)14(12,13)6-11-10/h3-6H,1-2H3. The van der Waals surface area contributed by atoms with Crippen molar-refractivity contribution in [2.45, 2.75) is 18.7 Å². The molecule has 0 spiro atoms. The topological polar surface area (TPSA) is 70.5 Å². The van der Waals surface area contributed by atoms with Crippen molar-refractivity contribution in [1.29, 1.82) is 0 Å². The zero-order valence-corrected chi connectivity index (χ0v) is 8.75. The van der Waals surface area contributed by atoms with Crippen LogP contribution in [0.1, 0.15) is 11.1 Å². The van der Waals surface area contributed by atoms with Crippen molar-refractivity contribution in [3.63, 3.8) is 0 Å². The Balaban J connectivity index is 3.40. The Hall–Kier alpha value is -1.45. The maximum atomic E-state index is 11.4. The van der Waals surface area contributed by atoms with Gasteiger partial charge in [0.15, 0.2) is 0 Å². The first-order valence-corrected chi connectivity index (χ1v) is 5.51. The van der Waals surface area contributed by atoms with Crippen LogP contribution in [0.3, 0.4) is 0 Å². The summed E-state index contributed by atoms with van der Waals surface area (Å²) in [6.45, 7) is 3.62. The monoisotopic (exact) mass is 210 g/mol. The number of sulfone groups is 1. The van der Waals surface area contributed by atoms with Crippen molar-refractivity contribution in [3.8, 4) is 0 Å². The van der Waals surface area contributed by atoms with Crippen LogP contribution >= 0.6 is 0 Å². The molecule has 0 aliphatic rings. The molecule has 0 heterocycles. The zero-order valence-electron chi connectivity index (χ0n) is 7.93. The van der Waals surface area contributed by atoms with E-state index in [4.69, 9.17) is 5.53 Å². The Labute approximate surface area is 82.7 Å². The number of nitrogens with zero attached hydrogens (tertiary/aromatic N) is 2. The molecule has 14 heavy (non-hydrogen) atoms. The molecular formula is C9H10N2O2S. The van der Waals surface area contributed by atoms with Crippen LogP contribution in [0.2, 0.25) is 0 Å². The highest BCUT2D eigenvalue weighted by Gasteiger charge is 2.16. The van der Waals surface area contributed by atoms with Crippen LogP contribution < -0.4 is 0 Å². The molecule has 0 amide bonds. The van der Waals surface area contributed by atoms with E-state index in [1.807, 2.05) is 19.9 Å². The summed E-state index contributed by atoms with van der Waals surface area (Å²) in [5, 5.41) is 0. The van der Waals surface area contributed by atoms with Crippen LogP contribution in [-0.2, 0) is 9.84 Å². The highest BCUT2D eigenvalue weighted by atomic mass is 32.2. The minimum atomic E-state index is -3.60. The lowest BCUT2D eigenvalue weighted by molar-refractivity contribution is 0.00754. The summed E-state index contributed by atoms with van der Waals surface area (Å²) >= 11 is 0. The maximum absolute atomic E-state index is 11.4. The van der Waals surface area contributed by atoms with Gasteiger partial charge in [-0.25, -0.2) is 8.42 Å². The molecule has 0 saturated carbocycles. The fourth-order valence-corrected chi connectivity index (χ4v) is 2.17. The third-order valence-electron chi connectivity index (χ3n) is 1.71. The van der Waals surface area contributed by atoms with Crippen LogP contribution in [0.25, 0.3) is 5.53 Å². The summed E-state index contributed by atoms with van der Waals surface area (Å²) in [4.78, 5) is 2.68. The second kappa shape index (κ2) is 3.74. The number of hydrogen-bond acceptors (Lipinski definition) is 2. The molecule has 0 radical (unpaired) electrons. The molecule has 1 rings (SSSR count). The van der Waals surface area contributed by atoms with Gasteiger partial charge in [0.2, 0.25) is 0 Å². The fraction of sp³-hybridized carbons (Fsp3) is 0.222. The average Bonchev–Trinajstić information content (AvgIpc) is 2.02. The minimum absolute atomic E-state index is 0.146. The Morgan fingerprint density at radius 2 is 1.71 bits per heavy atom. The molecule has 0 fully saturated rings. The van der Waals surface area contributed by atoms with Gasteiger partial charge in [-0.1, -0.05) is 6.07 Å². The largest absolute Gasteiger partial charge is 0.374 e. The van der Waals surface area contributed by atoms with Crippen molar-refractivity contribution in [1.82, 2.24) is 0 Å². The summed E-state index contributed by atoms with van der Waals surface area (Å²) in [5.41, 5.74) is 10.4. The van der Waals surface area contributed by atoms with Gasteiger partial charge >= 0.3 is 5.55 Å². The average molecular weight is 210 g/mol. The number of aryl methyl sites for hydroxylation is 2. The summed E-state index contributed by atoms with van der Waals surface area (Å²) in [7, 11) is -3.60. The van der Waals surface area contributed by atoms with E-state index in [1.54, 1.807) is 0 Å². The molecule has 0 aliphatic heterocycles. The summed E-state index contributed by atoms with van der Waals surface area (Å²) in [6.07, 6.45) is 0. The fourth-order valence-electron chi connectivity index (χ4n) is 1.22. The normalized spacial score (nSPS) is 10.7. The summed E-state index contributed by atoms with van der Waals surface area (Å²) in [5.74, 6) is 0. The Kier molecular flexibility index (Phi) is 2.84. The number of rotatable bonds is 2. The minimum Gasteiger partial charge on any atom is -0.361 e. The predicted molar refractivity (Wildman–Crippen MR) is 52.8 cm³/mol. The lowest BCUT2D eigenvalue weighted by Crippen LogP contribution is -2.03. The van der Waals surface area contributed by atoms with Gasteiger partial charge in [0.05, 0.1) is 4.90 Å². The summed E-state index contributed by atoms with van der Waals surface area (Å²) in [6, 6.07) is 4.93. The van der Waals surface area contributed by atoms with Gasteiger partial charge in [-0.3, -0.25) is 0 Å². The van der Waals surface area contributed by atoms with Gasteiger partial charge in [-0.05, 0) is 37.1 Å². The maximum Gasteiger partial charge on any atom is 0.374 e. The van der Waals surface area contributed by atoms with Gasteiger partial charge < -0.3 is 5.53 Å². The second-order valence-corrected chi connectivity index (χ2v) is 4.86. The molecule has 0 unspecified atom stereocenters. The van der Waals surface area contributed by atoms with E-state index in [1.165, 1.54) is 12.1 Å². The Morgan fingerprint density at radius 1 is 1.21 bits per heavy atom. The van der Waals surface area contributed by atoms with Gasteiger partial charge in [-0.2, -0.15) is 4.79 Å². The van der Waals surface area contributed by atoms with Gasteiger partial charge in [0.25, 0.3) is 9.84 Å². The smallest absolute Gasteiger partial charge is 0.361 e. The molecule has 0 bridgehead atoms. The quantitative estimate of drug-likeness (QED) is 0.320. The van der Waals surface area contributed by atoms with Crippen molar-refractivity contribution < 1.29 is 13.2 Å². The van der Waals surface area contributed by atoms with Crippen molar-refractivity contribution >= 4 is 15.4 Å².